The molecule has 0 bridgehead atoms. The first kappa shape index (κ1) is 24.6. The molecule has 0 amide bonds. The fraction of sp³-hybridized carbons (Fsp3) is 0.750. The summed E-state index contributed by atoms with van der Waals surface area (Å²) in [6, 6.07) is 10.2. The van der Waals surface area contributed by atoms with Gasteiger partial charge in [-0.05, 0) is 117 Å². The van der Waals surface area contributed by atoms with E-state index in [9.17, 15) is 10.2 Å². The predicted octanol–water partition coefficient (Wildman–Crippen LogP) is 7.64. The van der Waals surface area contributed by atoms with Gasteiger partial charge in [0.05, 0.1) is 11.7 Å². The normalized spacial score (nSPS) is 42.1. The molecule has 0 saturated heterocycles. The number of fused-ring (bicyclic) bond motifs is 5. The molecule has 4 aliphatic carbocycles. The zero-order valence-electron chi connectivity index (χ0n) is 22.1. The van der Waals surface area contributed by atoms with Crippen molar-refractivity contribution in [2.45, 2.75) is 110 Å². The molecule has 2 nitrogen and oxygen atoms in total. The summed E-state index contributed by atoms with van der Waals surface area (Å²) in [4.78, 5) is 0. The van der Waals surface area contributed by atoms with Crippen LogP contribution < -0.4 is 0 Å². The van der Waals surface area contributed by atoms with E-state index in [-0.39, 0.29) is 6.10 Å². The monoisotopic (exact) mass is 464 g/mol. The van der Waals surface area contributed by atoms with Crippen molar-refractivity contribution >= 4 is 0 Å². The summed E-state index contributed by atoms with van der Waals surface area (Å²) in [5.74, 6) is 4.10. The van der Waals surface area contributed by atoms with E-state index in [2.05, 4.69) is 39.0 Å². The SMILES string of the molecule is C[C@H](CCC[C@](C)(O)c1ccccc1)[C@@H]1CC[C@@H]2[C@H]3CC=C4C[C@@H](O)CC[C@]4(C)[C@@H]3CC[C@@]21C. The molecule has 1 aromatic rings. The molecule has 0 aromatic heterocycles. The predicted molar refractivity (Wildman–Crippen MR) is 140 cm³/mol. The van der Waals surface area contributed by atoms with Crippen LogP contribution in [0.4, 0.5) is 0 Å². The van der Waals surface area contributed by atoms with Crippen LogP contribution in [0.25, 0.3) is 0 Å². The Morgan fingerprint density at radius 2 is 1.79 bits per heavy atom. The van der Waals surface area contributed by atoms with Crippen LogP contribution in [0.2, 0.25) is 0 Å². The van der Waals surface area contributed by atoms with Gasteiger partial charge in [0.25, 0.3) is 0 Å². The molecule has 3 saturated carbocycles. The van der Waals surface area contributed by atoms with Crippen LogP contribution in [0.1, 0.15) is 104 Å². The van der Waals surface area contributed by atoms with Gasteiger partial charge in [-0.25, -0.2) is 0 Å². The molecule has 188 valence electrons. The van der Waals surface area contributed by atoms with Crippen molar-refractivity contribution in [2.75, 3.05) is 0 Å². The first-order chi connectivity index (χ1) is 16.1. The van der Waals surface area contributed by atoms with E-state index in [4.69, 9.17) is 0 Å². The minimum Gasteiger partial charge on any atom is -0.393 e. The molecule has 1 aromatic carbocycles. The van der Waals surface area contributed by atoms with E-state index in [1.165, 1.54) is 44.9 Å². The maximum atomic E-state index is 11.0. The third-order valence-electron chi connectivity index (χ3n) is 11.6. The van der Waals surface area contributed by atoms with Crippen LogP contribution in [0.15, 0.2) is 42.0 Å². The van der Waals surface area contributed by atoms with Crippen LogP contribution in [0.5, 0.6) is 0 Å². The molecule has 4 aliphatic rings. The van der Waals surface area contributed by atoms with Crippen LogP contribution in [-0.2, 0) is 5.60 Å². The van der Waals surface area contributed by atoms with E-state index >= 15 is 0 Å². The Morgan fingerprint density at radius 3 is 2.56 bits per heavy atom. The van der Waals surface area contributed by atoms with Crippen LogP contribution in [0.3, 0.4) is 0 Å². The Kier molecular flexibility index (Phi) is 6.56. The fourth-order valence-corrected chi connectivity index (χ4v) is 9.53. The summed E-state index contributed by atoms with van der Waals surface area (Å²) in [7, 11) is 0. The van der Waals surface area contributed by atoms with Gasteiger partial charge in [-0.3, -0.25) is 0 Å². The Labute approximate surface area is 208 Å². The maximum absolute atomic E-state index is 11.0. The van der Waals surface area contributed by atoms with E-state index in [0.29, 0.717) is 10.8 Å². The quantitative estimate of drug-likeness (QED) is 0.425. The molecule has 5 rings (SSSR count). The number of allylic oxidation sites excluding steroid dienone is 1. The lowest BCUT2D eigenvalue weighted by Crippen LogP contribution is -2.50. The Morgan fingerprint density at radius 1 is 1.03 bits per heavy atom. The van der Waals surface area contributed by atoms with Crippen molar-refractivity contribution in [1.82, 2.24) is 0 Å². The van der Waals surface area contributed by atoms with Crippen LogP contribution in [0, 0.1) is 40.4 Å². The van der Waals surface area contributed by atoms with Gasteiger partial charge in [-0.1, -0.05) is 69.2 Å². The van der Waals surface area contributed by atoms with E-state index in [1.54, 1.807) is 5.57 Å². The Bertz CT molecular complexity index is 888. The van der Waals surface area contributed by atoms with Crippen molar-refractivity contribution in [1.29, 1.82) is 0 Å². The van der Waals surface area contributed by atoms with Gasteiger partial charge in [-0.15, -0.1) is 0 Å². The molecular weight excluding hydrogens is 416 g/mol. The van der Waals surface area contributed by atoms with Gasteiger partial charge in [-0.2, -0.15) is 0 Å². The molecule has 3 fully saturated rings. The molecule has 0 spiro atoms. The van der Waals surface area contributed by atoms with Gasteiger partial charge in [0.2, 0.25) is 0 Å². The average molecular weight is 465 g/mol. The van der Waals surface area contributed by atoms with Crippen molar-refractivity contribution in [3.8, 4) is 0 Å². The molecule has 0 radical (unpaired) electrons. The van der Waals surface area contributed by atoms with Crippen LogP contribution >= 0.6 is 0 Å². The summed E-state index contributed by atoms with van der Waals surface area (Å²) in [6.07, 6.45) is 15.6. The highest BCUT2D eigenvalue weighted by Gasteiger charge is 2.59. The number of aliphatic hydroxyl groups is 2. The zero-order chi connectivity index (χ0) is 24.1. The second-order valence-electron chi connectivity index (χ2n) is 13.4. The first-order valence-corrected chi connectivity index (χ1v) is 14.3. The van der Waals surface area contributed by atoms with E-state index in [0.717, 1.165) is 60.8 Å². The largest absolute Gasteiger partial charge is 0.393 e. The van der Waals surface area contributed by atoms with Gasteiger partial charge >= 0.3 is 0 Å². The minimum atomic E-state index is -0.726. The number of hydrogen-bond acceptors (Lipinski definition) is 2. The smallest absolute Gasteiger partial charge is 0.0868 e. The van der Waals surface area contributed by atoms with Gasteiger partial charge in [0.1, 0.15) is 0 Å². The highest BCUT2D eigenvalue weighted by Crippen LogP contribution is 2.67. The lowest BCUT2D eigenvalue weighted by molar-refractivity contribution is -0.0576. The van der Waals surface area contributed by atoms with Gasteiger partial charge < -0.3 is 10.2 Å². The minimum absolute atomic E-state index is 0.107. The number of rotatable bonds is 6. The lowest BCUT2D eigenvalue weighted by atomic mass is 9.47. The van der Waals surface area contributed by atoms with Crippen LogP contribution in [-0.4, -0.2) is 16.3 Å². The fourth-order valence-electron chi connectivity index (χ4n) is 9.53. The topological polar surface area (TPSA) is 40.5 Å². The van der Waals surface area contributed by atoms with Crippen molar-refractivity contribution in [2.24, 2.45) is 40.4 Å². The van der Waals surface area contributed by atoms with Crippen molar-refractivity contribution < 1.29 is 10.2 Å². The Balaban J connectivity index is 1.24. The molecule has 0 unspecified atom stereocenters. The summed E-state index contributed by atoms with van der Waals surface area (Å²) < 4.78 is 0. The molecule has 9 atom stereocenters. The molecule has 34 heavy (non-hydrogen) atoms. The molecular formula is C32H48O2. The molecule has 2 heteroatoms. The molecule has 0 heterocycles. The third-order valence-corrected chi connectivity index (χ3v) is 11.6. The highest BCUT2D eigenvalue weighted by molar-refractivity contribution is 5.25. The first-order valence-electron chi connectivity index (χ1n) is 14.3. The standard InChI is InChI=1S/C32H48O2/c1-22(9-8-18-32(4,34)23-10-6-5-7-11-23)27-14-15-28-26-13-12-24-21-25(33)16-19-30(24,2)29(26)17-20-31(27,28)3/h5-7,10-12,22,25-29,33-34H,8-9,13-21H2,1-4H3/t22-,25+,26-,27+,28-,29-,30+,31-,32+/m1/s1. The maximum Gasteiger partial charge on any atom is 0.0868 e. The lowest BCUT2D eigenvalue weighted by Gasteiger charge is -2.58. The van der Waals surface area contributed by atoms with E-state index in [1.807, 2.05) is 25.1 Å². The summed E-state index contributed by atoms with van der Waals surface area (Å²) in [5.41, 5.74) is 2.73. The summed E-state index contributed by atoms with van der Waals surface area (Å²) >= 11 is 0. The second kappa shape index (κ2) is 9.07. The average Bonchev–Trinajstić information content (AvgIpc) is 3.17. The zero-order valence-corrected chi connectivity index (χ0v) is 22.1. The van der Waals surface area contributed by atoms with Crippen molar-refractivity contribution in [3.63, 3.8) is 0 Å². The summed E-state index contributed by atoms with van der Waals surface area (Å²) in [5, 5.41) is 21.3. The molecule has 0 aliphatic heterocycles. The highest BCUT2D eigenvalue weighted by atomic mass is 16.3. The molecule has 2 N–H and O–H groups in total. The van der Waals surface area contributed by atoms with Gasteiger partial charge in [0.15, 0.2) is 0 Å². The summed E-state index contributed by atoms with van der Waals surface area (Å²) in [6.45, 7) is 9.67. The van der Waals surface area contributed by atoms with Crippen molar-refractivity contribution in [3.05, 3.63) is 47.5 Å². The second-order valence-corrected chi connectivity index (χ2v) is 13.4. The van der Waals surface area contributed by atoms with Gasteiger partial charge in [0, 0.05) is 0 Å². The number of aliphatic hydroxyl groups excluding tert-OH is 1. The number of hydrogen-bond donors (Lipinski definition) is 2. The number of benzene rings is 1. The van der Waals surface area contributed by atoms with E-state index < -0.39 is 5.60 Å². The Hall–Kier alpha value is -1.12. The third kappa shape index (κ3) is 4.11.